The summed E-state index contributed by atoms with van der Waals surface area (Å²) in [6, 6.07) is 9.24. The normalized spacial score (nSPS) is 15.0. The van der Waals surface area contributed by atoms with Crippen LogP contribution in [0.25, 0.3) is 5.69 Å². The van der Waals surface area contributed by atoms with E-state index in [1.54, 1.807) is 22.8 Å². The van der Waals surface area contributed by atoms with E-state index in [0.29, 0.717) is 34.2 Å². The zero-order valence-electron chi connectivity index (χ0n) is 17.6. The smallest absolute Gasteiger partial charge is 0.339 e. The third-order valence-electron chi connectivity index (χ3n) is 5.43. The van der Waals surface area contributed by atoms with Crippen LogP contribution >= 0.6 is 0 Å². The van der Waals surface area contributed by atoms with Gasteiger partial charge in [-0.25, -0.2) is 9.18 Å². The highest BCUT2D eigenvalue weighted by atomic mass is 19.1. The first-order chi connectivity index (χ1) is 15.4. The van der Waals surface area contributed by atoms with Crippen LogP contribution in [0.2, 0.25) is 0 Å². The number of hydrogen-bond donors (Lipinski definition) is 2. The van der Waals surface area contributed by atoms with Crippen LogP contribution in [0.3, 0.4) is 0 Å². The number of ether oxygens (including phenoxy) is 3. The number of anilines is 1. The zero-order chi connectivity index (χ0) is 23.0. The van der Waals surface area contributed by atoms with E-state index in [1.807, 2.05) is 0 Å². The first kappa shape index (κ1) is 21.2. The van der Waals surface area contributed by atoms with E-state index >= 15 is 0 Å². The molecule has 0 saturated carbocycles. The molecule has 1 aromatic heterocycles. The van der Waals surface area contributed by atoms with Crippen LogP contribution in [0.1, 0.15) is 34.0 Å². The van der Waals surface area contributed by atoms with Gasteiger partial charge in [-0.15, -0.1) is 0 Å². The van der Waals surface area contributed by atoms with Gasteiger partial charge < -0.3 is 29.2 Å². The maximum atomic E-state index is 14.0. The number of carbonyl (C=O) groups is 2. The average Bonchev–Trinajstić information content (AvgIpc) is 3.17. The summed E-state index contributed by atoms with van der Waals surface area (Å²) in [6.45, 7) is 0. The molecule has 1 aliphatic heterocycles. The highest BCUT2D eigenvalue weighted by Gasteiger charge is 2.35. The number of nitrogens with zero attached hydrogens (tertiary/aromatic N) is 1. The van der Waals surface area contributed by atoms with Crippen LogP contribution in [0.4, 0.5) is 10.1 Å². The lowest BCUT2D eigenvalue weighted by atomic mass is 9.87. The predicted molar refractivity (Wildman–Crippen MR) is 114 cm³/mol. The first-order valence-electron chi connectivity index (χ1n) is 9.72. The Morgan fingerprint density at radius 2 is 1.81 bits per heavy atom. The van der Waals surface area contributed by atoms with Gasteiger partial charge in [-0.1, -0.05) is 6.07 Å². The van der Waals surface area contributed by atoms with Crippen molar-refractivity contribution < 1.29 is 33.3 Å². The Morgan fingerprint density at radius 3 is 2.38 bits per heavy atom. The summed E-state index contributed by atoms with van der Waals surface area (Å²) in [7, 11) is 4.45. The molecule has 1 atom stereocenters. The Kier molecular flexibility index (Phi) is 5.48. The summed E-state index contributed by atoms with van der Waals surface area (Å²) in [6.07, 6.45) is 1.43. The van der Waals surface area contributed by atoms with Crippen molar-refractivity contribution in [3.05, 3.63) is 65.2 Å². The molecular formula is C23H21FN2O6. The van der Waals surface area contributed by atoms with Crippen LogP contribution in [-0.2, 0) is 4.79 Å². The number of carboxylic acids is 1. The zero-order valence-corrected chi connectivity index (χ0v) is 17.6. The summed E-state index contributed by atoms with van der Waals surface area (Å²) in [5.74, 6) is -1.37. The molecular weight excluding hydrogens is 419 g/mol. The third kappa shape index (κ3) is 3.51. The van der Waals surface area contributed by atoms with Crippen LogP contribution in [0.5, 0.6) is 17.2 Å². The predicted octanol–water partition coefficient (Wildman–Crippen LogP) is 3.81. The molecule has 2 heterocycles. The summed E-state index contributed by atoms with van der Waals surface area (Å²) in [5, 5.41) is 12.4. The number of hydrogen-bond acceptors (Lipinski definition) is 5. The van der Waals surface area contributed by atoms with Crippen molar-refractivity contribution in [2.45, 2.75) is 12.3 Å². The van der Waals surface area contributed by atoms with E-state index in [0.717, 1.165) is 0 Å². The van der Waals surface area contributed by atoms with Crippen molar-refractivity contribution in [3.8, 4) is 22.9 Å². The molecule has 8 nitrogen and oxygen atoms in total. The van der Waals surface area contributed by atoms with Gasteiger partial charge in [0.15, 0.2) is 11.5 Å². The minimum Gasteiger partial charge on any atom is -0.493 e. The van der Waals surface area contributed by atoms with Gasteiger partial charge in [0.05, 0.1) is 32.7 Å². The summed E-state index contributed by atoms with van der Waals surface area (Å²) < 4.78 is 31.8. The van der Waals surface area contributed by atoms with E-state index < -0.39 is 17.7 Å². The lowest BCUT2D eigenvalue weighted by Gasteiger charge is -2.27. The van der Waals surface area contributed by atoms with Crippen LogP contribution in [0.15, 0.2) is 42.6 Å². The van der Waals surface area contributed by atoms with Crippen molar-refractivity contribution in [1.82, 2.24) is 4.57 Å². The van der Waals surface area contributed by atoms with Crippen molar-refractivity contribution in [2.75, 3.05) is 26.6 Å². The van der Waals surface area contributed by atoms with E-state index in [9.17, 15) is 19.1 Å². The second kappa shape index (κ2) is 8.26. The van der Waals surface area contributed by atoms with Gasteiger partial charge >= 0.3 is 5.97 Å². The number of aromatic nitrogens is 1. The molecule has 3 aromatic rings. The fourth-order valence-electron chi connectivity index (χ4n) is 4.05. The van der Waals surface area contributed by atoms with Crippen molar-refractivity contribution in [2.24, 2.45) is 0 Å². The number of carboxylic acid groups (broad SMARTS) is 1. The third-order valence-corrected chi connectivity index (χ3v) is 5.43. The molecule has 0 fully saturated rings. The van der Waals surface area contributed by atoms with Gasteiger partial charge in [0, 0.05) is 24.2 Å². The first-order valence-corrected chi connectivity index (χ1v) is 9.72. The molecule has 2 aromatic carbocycles. The molecule has 32 heavy (non-hydrogen) atoms. The lowest BCUT2D eigenvalue weighted by molar-refractivity contribution is -0.116. The molecule has 1 aliphatic rings. The molecule has 4 rings (SSSR count). The van der Waals surface area contributed by atoms with Crippen LogP contribution in [-0.4, -0.2) is 42.9 Å². The molecule has 1 unspecified atom stereocenters. The Balaban J connectivity index is 1.99. The molecule has 2 N–H and O–H groups in total. The topological polar surface area (TPSA) is 99.0 Å². The second-order valence-corrected chi connectivity index (χ2v) is 7.22. The highest BCUT2D eigenvalue weighted by Crippen LogP contribution is 2.46. The van der Waals surface area contributed by atoms with Crippen molar-refractivity contribution >= 4 is 17.6 Å². The van der Waals surface area contributed by atoms with E-state index in [4.69, 9.17) is 14.2 Å². The van der Waals surface area contributed by atoms with Crippen molar-refractivity contribution in [1.29, 1.82) is 0 Å². The van der Waals surface area contributed by atoms with Crippen LogP contribution in [0, 0.1) is 5.82 Å². The van der Waals surface area contributed by atoms with E-state index in [2.05, 4.69) is 5.32 Å². The number of aromatic carboxylic acids is 1. The highest BCUT2D eigenvalue weighted by molar-refractivity contribution is 6.04. The Labute approximate surface area is 183 Å². The number of halogens is 1. The number of methoxy groups -OCH3 is 3. The number of amides is 1. The van der Waals surface area contributed by atoms with Gasteiger partial charge in [0.25, 0.3) is 0 Å². The summed E-state index contributed by atoms with van der Waals surface area (Å²) >= 11 is 0. The van der Waals surface area contributed by atoms with Gasteiger partial charge in [-0.05, 0) is 35.9 Å². The average molecular weight is 440 g/mol. The van der Waals surface area contributed by atoms with Crippen LogP contribution < -0.4 is 19.5 Å². The summed E-state index contributed by atoms with van der Waals surface area (Å²) in [5.41, 5.74) is 1.69. The largest absolute Gasteiger partial charge is 0.493 e. The number of benzene rings is 2. The second-order valence-electron chi connectivity index (χ2n) is 7.22. The Bertz CT molecular complexity index is 1190. The minimum absolute atomic E-state index is 0.0457. The molecule has 0 radical (unpaired) electrons. The maximum Gasteiger partial charge on any atom is 0.339 e. The fourth-order valence-corrected chi connectivity index (χ4v) is 4.05. The van der Waals surface area contributed by atoms with Gasteiger partial charge in [0.2, 0.25) is 11.7 Å². The summed E-state index contributed by atoms with van der Waals surface area (Å²) in [4.78, 5) is 24.5. The lowest BCUT2D eigenvalue weighted by Crippen LogP contribution is -2.25. The van der Waals surface area contributed by atoms with Crippen molar-refractivity contribution in [3.63, 3.8) is 0 Å². The Hall–Kier alpha value is -4.01. The monoisotopic (exact) mass is 440 g/mol. The standard InChI is InChI=1S/C23H21FN2O6/c1-30-17-7-12(8-18(31-2)22(17)32-3)15-10-19(27)25-20-16(23(28)29)11-26(21(15)20)14-6-4-5-13(24)9-14/h4-9,11,15H,10H2,1-3H3,(H,25,27)(H,28,29). The molecule has 9 heteroatoms. The molecule has 0 aliphatic carbocycles. The van der Waals surface area contributed by atoms with Gasteiger partial charge in [-0.3, -0.25) is 4.79 Å². The van der Waals surface area contributed by atoms with E-state index in [-0.39, 0.29) is 23.6 Å². The molecule has 0 spiro atoms. The molecule has 1 amide bonds. The minimum atomic E-state index is -1.21. The Morgan fingerprint density at radius 1 is 1.12 bits per heavy atom. The molecule has 0 bridgehead atoms. The number of rotatable bonds is 6. The SMILES string of the molecule is COc1cc(C2CC(=O)Nc3c(C(=O)O)cn(-c4cccc(F)c4)c32)cc(OC)c1OC. The fraction of sp³-hybridized carbons (Fsp3) is 0.217. The van der Waals surface area contributed by atoms with Gasteiger partial charge in [-0.2, -0.15) is 0 Å². The maximum absolute atomic E-state index is 14.0. The molecule has 166 valence electrons. The quantitative estimate of drug-likeness (QED) is 0.605. The number of nitrogens with one attached hydrogen (secondary N) is 1. The number of fused-ring (bicyclic) bond motifs is 1. The molecule has 0 saturated heterocycles. The van der Waals surface area contributed by atoms with Gasteiger partial charge in [0.1, 0.15) is 11.4 Å². The number of carbonyl (C=O) groups excluding carboxylic acids is 1. The van der Waals surface area contributed by atoms with E-state index in [1.165, 1.54) is 45.7 Å².